The van der Waals surface area contributed by atoms with E-state index in [2.05, 4.69) is 4.98 Å². The Kier molecular flexibility index (Phi) is 6.21. The summed E-state index contributed by atoms with van der Waals surface area (Å²) in [6.45, 7) is 5.02. The van der Waals surface area contributed by atoms with Crippen molar-refractivity contribution in [2.75, 3.05) is 23.8 Å². The smallest absolute Gasteiger partial charge is 0.330 e. The van der Waals surface area contributed by atoms with Gasteiger partial charge in [-0.2, -0.15) is 0 Å². The van der Waals surface area contributed by atoms with E-state index >= 15 is 0 Å². The molecule has 3 N–H and O–H groups in total. The summed E-state index contributed by atoms with van der Waals surface area (Å²) in [5, 5.41) is 0. The second-order valence-electron chi connectivity index (χ2n) is 6.88. The van der Waals surface area contributed by atoms with Crippen molar-refractivity contribution in [1.29, 1.82) is 0 Å². The quantitative estimate of drug-likeness (QED) is 0.693. The van der Waals surface area contributed by atoms with E-state index in [1.54, 1.807) is 13.0 Å². The summed E-state index contributed by atoms with van der Waals surface area (Å²) < 4.78 is 6.79. The molecule has 0 saturated carbocycles. The molecule has 1 aliphatic heterocycles. The molecule has 1 aromatic heterocycles. The van der Waals surface area contributed by atoms with Gasteiger partial charge in [-0.3, -0.25) is 19.1 Å². The third-order valence-corrected chi connectivity index (χ3v) is 4.93. The van der Waals surface area contributed by atoms with E-state index < -0.39 is 11.2 Å². The van der Waals surface area contributed by atoms with E-state index in [0.29, 0.717) is 13.2 Å². The van der Waals surface area contributed by atoms with Crippen LogP contribution in [0.5, 0.6) is 5.75 Å². The Bertz CT molecular complexity index is 1050. The number of nitrogens with two attached hydrogens (primary N) is 1. The lowest BCUT2D eigenvalue weighted by Gasteiger charge is -2.21. The number of benzene rings is 1. The van der Waals surface area contributed by atoms with Crippen molar-refractivity contribution in [2.45, 2.75) is 39.7 Å². The fourth-order valence-corrected chi connectivity index (χ4v) is 3.37. The fraction of sp³-hybridized carbons (Fsp3) is 0.381. The van der Waals surface area contributed by atoms with Gasteiger partial charge in [-0.1, -0.05) is 19.4 Å². The summed E-state index contributed by atoms with van der Waals surface area (Å²) in [4.78, 5) is 40.9. The Morgan fingerprint density at radius 2 is 2.14 bits per heavy atom. The lowest BCUT2D eigenvalue weighted by atomic mass is 10.1. The van der Waals surface area contributed by atoms with E-state index in [0.717, 1.165) is 36.1 Å². The van der Waals surface area contributed by atoms with Gasteiger partial charge >= 0.3 is 5.69 Å². The molecule has 1 aliphatic rings. The zero-order valence-electron chi connectivity index (χ0n) is 16.7. The number of nitrogens with zero attached hydrogens (tertiary/aromatic N) is 2. The number of ether oxygens (including phenoxy) is 1. The number of unbranched alkanes of at least 4 members (excludes halogenated alkanes) is 1. The molecule has 2 aromatic rings. The van der Waals surface area contributed by atoms with Crippen LogP contribution in [0.1, 0.15) is 37.8 Å². The standard InChI is InChI=1S/C21H26N4O4/c1-3-5-11-25-19(22)18(20(27)23-21(25)28)24(4-2)17(26)9-7-14-6-8-16-15(13-14)10-12-29-16/h6-9,13H,3-5,10-12,22H2,1-2H3,(H,23,27,28)/b9-7+. The van der Waals surface area contributed by atoms with Crippen molar-refractivity contribution < 1.29 is 9.53 Å². The van der Waals surface area contributed by atoms with Crippen molar-refractivity contribution in [3.63, 3.8) is 0 Å². The number of nitrogens with one attached hydrogen (secondary N) is 1. The number of carbonyl (C=O) groups is 1. The third-order valence-electron chi connectivity index (χ3n) is 4.93. The van der Waals surface area contributed by atoms with Crippen LogP contribution in [0, 0.1) is 0 Å². The predicted molar refractivity (Wildman–Crippen MR) is 113 cm³/mol. The van der Waals surface area contributed by atoms with Crippen LogP contribution in [0.3, 0.4) is 0 Å². The highest BCUT2D eigenvalue weighted by molar-refractivity contribution is 6.05. The highest BCUT2D eigenvalue weighted by atomic mass is 16.5. The number of hydrogen-bond donors (Lipinski definition) is 2. The van der Waals surface area contributed by atoms with Gasteiger partial charge in [0.2, 0.25) is 0 Å². The van der Waals surface area contributed by atoms with Crippen LogP contribution < -0.4 is 26.6 Å². The molecule has 0 fully saturated rings. The molecule has 1 aromatic carbocycles. The number of rotatable bonds is 7. The number of hydrogen-bond acceptors (Lipinski definition) is 5. The molecule has 0 radical (unpaired) electrons. The van der Waals surface area contributed by atoms with E-state index in [4.69, 9.17) is 10.5 Å². The van der Waals surface area contributed by atoms with Gasteiger partial charge in [0.15, 0.2) is 5.69 Å². The molecule has 3 rings (SSSR count). The molecular weight excluding hydrogens is 372 g/mol. The summed E-state index contributed by atoms with van der Waals surface area (Å²) in [5.41, 5.74) is 6.86. The average Bonchev–Trinajstić information content (AvgIpc) is 3.17. The molecular formula is C21H26N4O4. The van der Waals surface area contributed by atoms with Crippen LogP contribution in [0.2, 0.25) is 0 Å². The Hall–Kier alpha value is -3.29. The first-order valence-electron chi connectivity index (χ1n) is 9.84. The van der Waals surface area contributed by atoms with Crippen LogP contribution in [-0.4, -0.2) is 28.6 Å². The molecule has 29 heavy (non-hydrogen) atoms. The topological polar surface area (TPSA) is 110 Å². The van der Waals surface area contributed by atoms with Crippen LogP contribution in [0.25, 0.3) is 6.08 Å². The lowest BCUT2D eigenvalue weighted by Crippen LogP contribution is -2.40. The van der Waals surface area contributed by atoms with Crippen molar-refractivity contribution in [2.24, 2.45) is 0 Å². The monoisotopic (exact) mass is 398 g/mol. The predicted octanol–water partition coefficient (Wildman–Crippen LogP) is 1.92. The number of fused-ring (bicyclic) bond motifs is 1. The Labute approximate surface area is 168 Å². The summed E-state index contributed by atoms with van der Waals surface area (Å²) in [6, 6.07) is 5.74. The number of aromatic nitrogens is 2. The normalized spacial score (nSPS) is 12.8. The van der Waals surface area contributed by atoms with E-state index in [1.165, 1.54) is 15.5 Å². The van der Waals surface area contributed by atoms with Gasteiger partial charge in [-0.05, 0) is 42.7 Å². The molecule has 0 unspecified atom stereocenters. The van der Waals surface area contributed by atoms with Crippen molar-refractivity contribution in [3.05, 3.63) is 56.2 Å². The third kappa shape index (κ3) is 4.26. The molecule has 8 heteroatoms. The summed E-state index contributed by atoms with van der Waals surface area (Å²) in [5.74, 6) is 0.491. The largest absolute Gasteiger partial charge is 0.493 e. The maximum atomic E-state index is 12.8. The molecule has 154 valence electrons. The first kappa shape index (κ1) is 20.4. The van der Waals surface area contributed by atoms with Gasteiger partial charge in [-0.25, -0.2) is 4.79 Å². The lowest BCUT2D eigenvalue weighted by molar-refractivity contribution is -0.114. The van der Waals surface area contributed by atoms with Crippen molar-refractivity contribution in [3.8, 4) is 5.75 Å². The van der Waals surface area contributed by atoms with Crippen LogP contribution in [0.15, 0.2) is 33.9 Å². The number of amides is 1. The van der Waals surface area contributed by atoms with E-state index in [-0.39, 0.29) is 24.0 Å². The number of likely N-dealkylation sites (N-methyl/N-ethyl adjacent to an activating group) is 1. The molecule has 2 heterocycles. The Balaban J connectivity index is 1.89. The first-order chi connectivity index (χ1) is 14.0. The van der Waals surface area contributed by atoms with Crippen molar-refractivity contribution in [1.82, 2.24) is 9.55 Å². The second-order valence-corrected chi connectivity index (χ2v) is 6.88. The van der Waals surface area contributed by atoms with Gasteiger partial charge in [0.05, 0.1) is 6.61 Å². The molecule has 8 nitrogen and oxygen atoms in total. The second kappa shape index (κ2) is 8.81. The minimum atomic E-state index is -0.668. The van der Waals surface area contributed by atoms with Gasteiger partial charge in [-0.15, -0.1) is 0 Å². The van der Waals surface area contributed by atoms with Crippen LogP contribution in [0.4, 0.5) is 11.5 Å². The van der Waals surface area contributed by atoms with E-state index in [1.807, 2.05) is 25.1 Å². The number of anilines is 2. The molecule has 0 spiro atoms. The highest BCUT2D eigenvalue weighted by Crippen LogP contribution is 2.26. The number of aromatic amines is 1. The minimum Gasteiger partial charge on any atom is -0.493 e. The molecule has 1 amide bonds. The number of nitrogen functional groups attached to an aromatic ring is 1. The average molecular weight is 398 g/mol. The maximum absolute atomic E-state index is 12.8. The summed E-state index contributed by atoms with van der Waals surface area (Å²) >= 11 is 0. The van der Waals surface area contributed by atoms with Gasteiger partial charge in [0.1, 0.15) is 11.6 Å². The van der Waals surface area contributed by atoms with Crippen molar-refractivity contribution >= 4 is 23.5 Å². The van der Waals surface area contributed by atoms with E-state index in [9.17, 15) is 14.4 Å². The summed E-state index contributed by atoms with van der Waals surface area (Å²) in [7, 11) is 0. The van der Waals surface area contributed by atoms with Gasteiger partial charge in [0, 0.05) is 25.6 Å². The first-order valence-corrected chi connectivity index (χ1v) is 9.84. The van der Waals surface area contributed by atoms with Crippen LogP contribution in [-0.2, 0) is 17.8 Å². The fourth-order valence-electron chi connectivity index (χ4n) is 3.37. The van der Waals surface area contributed by atoms with Gasteiger partial charge in [0.25, 0.3) is 11.5 Å². The number of H-pyrrole nitrogens is 1. The molecule has 0 saturated heterocycles. The van der Waals surface area contributed by atoms with Gasteiger partial charge < -0.3 is 15.4 Å². The van der Waals surface area contributed by atoms with Crippen LogP contribution >= 0.6 is 0 Å². The zero-order chi connectivity index (χ0) is 21.0. The number of carbonyl (C=O) groups excluding carboxylic acids is 1. The zero-order valence-corrected chi connectivity index (χ0v) is 16.7. The Morgan fingerprint density at radius 1 is 1.34 bits per heavy atom. The minimum absolute atomic E-state index is 0.000191. The molecule has 0 bridgehead atoms. The molecule has 0 aliphatic carbocycles. The SMILES string of the molecule is CCCCn1c(N)c(N(CC)C(=O)/C=C/c2ccc3c(c2)CCO3)c(=O)[nH]c1=O. The molecule has 0 atom stereocenters. The highest BCUT2D eigenvalue weighted by Gasteiger charge is 2.21. The Morgan fingerprint density at radius 3 is 2.86 bits per heavy atom. The summed E-state index contributed by atoms with van der Waals surface area (Å²) in [6.07, 6.45) is 5.54. The maximum Gasteiger partial charge on any atom is 0.330 e.